The van der Waals surface area contributed by atoms with E-state index in [9.17, 15) is 4.79 Å². The summed E-state index contributed by atoms with van der Waals surface area (Å²) in [6, 6.07) is 8.95. The summed E-state index contributed by atoms with van der Waals surface area (Å²) in [4.78, 5) is 11.4. The highest BCUT2D eigenvalue weighted by Gasteiger charge is 2.01. The third-order valence-electron chi connectivity index (χ3n) is 2.03. The Balaban J connectivity index is 2.57. The molecule has 0 aliphatic heterocycles. The average molecular weight is 202 g/mol. The Hall–Kier alpha value is -1.82. The van der Waals surface area contributed by atoms with Crippen molar-refractivity contribution >= 4 is 11.6 Å². The average Bonchev–Trinajstić information content (AvgIpc) is 2.26. The van der Waals surface area contributed by atoms with Crippen LogP contribution in [0.5, 0.6) is 0 Å². The van der Waals surface area contributed by atoms with Gasteiger partial charge in [-0.1, -0.05) is 19.4 Å². The van der Waals surface area contributed by atoms with Gasteiger partial charge in [-0.05, 0) is 24.6 Å². The molecule has 0 heterocycles. The number of amides is 1. The Kier molecular flexibility index (Phi) is 4.36. The van der Waals surface area contributed by atoms with E-state index in [4.69, 9.17) is 5.26 Å². The Labute approximate surface area is 89.7 Å². The number of nitrogens with one attached hydrogen (secondary N) is 1. The van der Waals surface area contributed by atoms with E-state index in [1.807, 2.05) is 13.0 Å². The Morgan fingerprint density at radius 1 is 1.53 bits per heavy atom. The minimum absolute atomic E-state index is 0.00643. The number of anilines is 1. The molecule has 0 saturated heterocycles. The van der Waals surface area contributed by atoms with Gasteiger partial charge in [-0.3, -0.25) is 4.79 Å². The van der Waals surface area contributed by atoms with Crippen LogP contribution in [0.2, 0.25) is 0 Å². The van der Waals surface area contributed by atoms with Crippen LogP contribution in [0.25, 0.3) is 0 Å². The van der Waals surface area contributed by atoms with Crippen LogP contribution in [-0.4, -0.2) is 5.91 Å². The molecule has 1 amide bonds. The molecule has 1 rings (SSSR count). The minimum Gasteiger partial charge on any atom is -0.326 e. The van der Waals surface area contributed by atoms with Gasteiger partial charge >= 0.3 is 0 Å². The van der Waals surface area contributed by atoms with Gasteiger partial charge in [-0.15, -0.1) is 0 Å². The van der Waals surface area contributed by atoms with Crippen molar-refractivity contribution in [2.24, 2.45) is 0 Å². The second-order valence-electron chi connectivity index (χ2n) is 3.34. The van der Waals surface area contributed by atoms with Crippen molar-refractivity contribution < 1.29 is 4.79 Å². The van der Waals surface area contributed by atoms with Crippen LogP contribution in [0.1, 0.15) is 31.7 Å². The van der Waals surface area contributed by atoms with E-state index in [2.05, 4.69) is 5.32 Å². The highest BCUT2D eigenvalue weighted by Crippen LogP contribution is 2.10. The molecule has 0 aromatic heterocycles. The zero-order valence-electron chi connectivity index (χ0n) is 8.79. The molecule has 0 atom stereocenters. The SMILES string of the molecule is CCCCC(=O)Nc1cccc(C#N)c1. The molecular weight excluding hydrogens is 188 g/mol. The van der Waals surface area contributed by atoms with E-state index in [1.54, 1.807) is 24.3 Å². The van der Waals surface area contributed by atoms with Crippen molar-refractivity contribution in [3.05, 3.63) is 29.8 Å². The van der Waals surface area contributed by atoms with Crippen molar-refractivity contribution in [1.82, 2.24) is 0 Å². The second kappa shape index (κ2) is 5.82. The molecule has 0 unspecified atom stereocenters. The summed E-state index contributed by atoms with van der Waals surface area (Å²) in [6.07, 6.45) is 2.43. The molecule has 0 fully saturated rings. The molecule has 3 heteroatoms. The normalized spacial score (nSPS) is 9.33. The lowest BCUT2D eigenvalue weighted by molar-refractivity contribution is -0.116. The van der Waals surface area contributed by atoms with Crippen molar-refractivity contribution in [3.63, 3.8) is 0 Å². The summed E-state index contributed by atoms with van der Waals surface area (Å²) in [6.45, 7) is 2.05. The number of nitrogens with zero attached hydrogens (tertiary/aromatic N) is 1. The van der Waals surface area contributed by atoms with Crippen LogP contribution < -0.4 is 5.32 Å². The van der Waals surface area contributed by atoms with Crippen LogP contribution in [0.15, 0.2) is 24.3 Å². The third-order valence-corrected chi connectivity index (χ3v) is 2.03. The monoisotopic (exact) mass is 202 g/mol. The number of carbonyl (C=O) groups excluding carboxylic acids is 1. The highest BCUT2D eigenvalue weighted by atomic mass is 16.1. The van der Waals surface area contributed by atoms with Gasteiger partial charge in [0.2, 0.25) is 5.91 Å². The maximum Gasteiger partial charge on any atom is 0.224 e. The summed E-state index contributed by atoms with van der Waals surface area (Å²) in [5.74, 6) is 0.00643. The number of benzene rings is 1. The fraction of sp³-hybridized carbons (Fsp3) is 0.333. The Morgan fingerprint density at radius 2 is 2.33 bits per heavy atom. The molecule has 78 valence electrons. The van der Waals surface area contributed by atoms with Crippen molar-refractivity contribution in [1.29, 1.82) is 5.26 Å². The predicted molar refractivity (Wildman–Crippen MR) is 59.3 cm³/mol. The predicted octanol–water partition coefficient (Wildman–Crippen LogP) is 2.69. The van der Waals surface area contributed by atoms with Gasteiger partial charge in [0.05, 0.1) is 11.6 Å². The smallest absolute Gasteiger partial charge is 0.224 e. The summed E-state index contributed by atoms with van der Waals surface area (Å²) >= 11 is 0. The fourth-order valence-electron chi connectivity index (χ4n) is 1.23. The molecule has 15 heavy (non-hydrogen) atoms. The first kappa shape index (κ1) is 11.3. The lowest BCUT2D eigenvalue weighted by Crippen LogP contribution is -2.10. The first-order valence-electron chi connectivity index (χ1n) is 5.06. The molecule has 0 bridgehead atoms. The summed E-state index contributed by atoms with van der Waals surface area (Å²) in [5, 5.41) is 11.4. The topological polar surface area (TPSA) is 52.9 Å². The van der Waals surface area contributed by atoms with Crippen LogP contribution in [0, 0.1) is 11.3 Å². The van der Waals surface area contributed by atoms with Gasteiger partial charge in [0.1, 0.15) is 0 Å². The van der Waals surface area contributed by atoms with Crippen LogP contribution >= 0.6 is 0 Å². The Bertz CT molecular complexity index is 379. The van der Waals surface area contributed by atoms with Crippen molar-refractivity contribution in [2.45, 2.75) is 26.2 Å². The molecule has 0 spiro atoms. The van der Waals surface area contributed by atoms with Crippen molar-refractivity contribution in [3.8, 4) is 6.07 Å². The maximum atomic E-state index is 11.4. The number of unbranched alkanes of at least 4 members (excludes halogenated alkanes) is 1. The first-order chi connectivity index (χ1) is 7.26. The number of hydrogen-bond donors (Lipinski definition) is 1. The molecule has 1 aromatic rings. The van der Waals surface area contributed by atoms with Gasteiger partial charge in [-0.25, -0.2) is 0 Å². The minimum atomic E-state index is 0.00643. The summed E-state index contributed by atoms with van der Waals surface area (Å²) in [5.41, 5.74) is 1.25. The number of rotatable bonds is 4. The lowest BCUT2D eigenvalue weighted by atomic mass is 10.2. The van der Waals surface area contributed by atoms with E-state index < -0.39 is 0 Å². The van der Waals surface area contributed by atoms with Gasteiger partial charge in [0.25, 0.3) is 0 Å². The standard InChI is InChI=1S/C12H14N2O/c1-2-3-7-12(15)14-11-6-4-5-10(8-11)9-13/h4-6,8H,2-3,7H2,1H3,(H,14,15). The summed E-state index contributed by atoms with van der Waals surface area (Å²) in [7, 11) is 0. The van der Waals surface area contributed by atoms with Crippen LogP contribution in [0.4, 0.5) is 5.69 Å². The van der Waals surface area contributed by atoms with E-state index in [0.29, 0.717) is 17.7 Å². The third kappa shape index (κ3) is 3.82. The van der Waals surface area contributed by atoms with E-state index in [0.717, 1.165) is 12.8 Å². The molecule has 1 N–H and O–H groups in total. The van der Waals surface area contributed by atoms with Gasteiger partial charge < -0.3 is 5.32 Å². The fourth-order valence-corrected chi connectivity index (χ4v) is 1.23. The molecule has 1 aromatic carbocycles. The van der Waals surface area contributed by atoms with E-state index in [1.165, 1.54) is 0 Å². The number of nitriles is 1. The quantitative estimate of drug-likeness (QED) is 0.816. The maximum absolute atomic E-state index is 11.4. The van der Waals surface area contributed by atoms with E-state index >= 15 is 0 Å². The zero-order valence-corrected chi connectivity index (χ0v) is 8.79. The molecule has 3 nitrogen and oxygen atoms in total. The lowest BCUT2D eigenvalue weighted by Gasteiger charge is -2.04. The first-order valence-corrected chi connectivity index (χ1v) is 5.06. The molecule has 0 radical (unpaired) electrons. The summed E-state index contributed by atoms with van der Waals surface area (Å²) < 4.78 is 0. The second-order valence-corrected chi connectivity index (χ2v) is 3.34. The highest BCUT2D eigenvalue weighted by molar-refractivity contribution is 5.90. The largest absolute Gasteiger partial charge is 0.326 e. The van der Waals surface area contributed by atoms with Gasteiger partial charge in [0.15, 0.2) is 0 Å². The van der Waals surface area contributed by atoms with Gasteiger partial charge in [-0.2, -0.15) is 5.26 Å². The van der Waals surface area contributed by atoms with Gasteiger partial charge in [0, 0.05) is 12.1 Å². The van der Waals surface area contributed by atoms with Crippen LogP contribution in [-0.2, 0) is 4.79 Å². The zero-order chi connectivity index (χ0) is 11.1. The number of carbonyl (C=O) groups is 1. The molecular formula is C12H14N2O. The van der Waals surface area contributed by atoms with Crippen LogP contribution in [0.3, 0.4) is 0 Å². The Morgan fingerprint density at radius 3 is 3.00 bits per heavy atom. The molecule has 0 saturated carbocycles. The molecule has 0 aliphatic rings. The number of hydrogen-bond acceptors (Lipinski definition) is 2. The van der Waals surface area contributed by atoms with E-state index in [-0.39, 0.29) is 5.91 Å². The van der Waals surface area contributed by atoms with Crippen molar-refractivity contribution in [2.75, 3.05) is 5.32 Å². The molecule has 0 aliphatic carbocycles.